The van der Waals surface area contributed by atoms with Crippen molar-refractivity contribution in [1.82, 2.24) is 15.1 Å². The third-order valence-corrected chi connectivity index (χ3v) is 3.18. The van der Waals surface area contributed by atoms with Gasteiger partial charge in [-0.15, -0.1) is 0 Å². The fourth-order valence-corrected chi connectivity index (χ4v) is 2.10. The van der Waals surface area contributed by atoms with Crippen molar-refractivity contribution in [3.63, 3.8) is 0 Å². The van der Waals surface area contributed by atoms with Gasteiger partial charge in [0.05, 0.1) is 6.61 Å². The first-order chi connectivity index (χ1) is 8.99. The standard InChI is InChI=1S/C15H35N3O/c1-6-8-16-15(13-19)7-9-18(12-14(2)3)11-10-17(4)5/h14-16,19H,6-13H2,1-5H3. The monoisotopic (exact) mass is 273 g/mol. The van der Waals surface area contributed by atoms with Crippen LogP contribution >= 0.6 is 0 Å². The van der Waals surface area contributed by atoms with E-state index in [9.17, 15) is 5.11 Å². The first-order valence-corrected chi connectivity index (χ1v) is 7.70. The first-order valence-electron chi connectivity index (χ1n) is 7.70. The van der Waals surface area contributed by atoms with Gasteiger partial charge in [-0.05, 0) is 45.9 Å². The third-order valence-electron chi connectivity index (χ3n) is 3.18. The lowest BCUT2D eigenvalue weighted by Gasteiger charge is -2.27. The molecular weight excluding hydrogens is 238 g/mol. The predicted octanol–water partition coefficient (Wildman–Crippen LogP) is 1.26. The van der Waals surface area contributed by atoms with Gasteiger partial charge in [0.15, 0.2) is 0 Å². The van der Waals surface area contributed by atoms with Gasteiger partial charge in [-0.3, -0.25) is 0 Å². The fraction of sp³-hybridized carbons (Fsp3) is 1.00. The molecule has 0 aliphatic carbocycles. The lowest BCUT2D eigenvalue weighted by molar-refractivity contribution is 0.185. The van der Waals surface area contributed by atoms with Gasteiger partial charge in [0.2, 0.25) is 0 Å². The second-order valence-corrected chi connectivity index (χ2v) is 6.12. The molecule has 19 heavy (non-hydrogen) atoms. The lowest BCUT2D eigenvalue weighted by atomic mass is 10.1. The van der Waals surface area contributed by atoms with Crippen LogP contribution in [-0.4, -0.2) is 74.4 Å². The molecule has 0 amide bonds. The van der Waals surface area contributed by atoms with Crippen LogP contribution in [-0.2, 0) is 0 Å². The Labute approximate surface area is 120 Å². The van der Waals surface area contributed by atoms with E-state index in [1.54, 1.807) is 0 Å². The molecule has 0 spiro atoms. The largest absolute Gasteiger partial charge is 0.395 e. The summed E-state index contributed by atoms with van der Waals surface area (Å²) in [6.07, 6.45) is 2.14. The molecule has 0 aliphatic rings. The Kier molecular flexibility index (Phi) is 11.6. The van der Waals surface area contributed by atoms with Gasteiger partial charge >= 0.3 is 0 Å². The Morgan fingerprint density at radius 1 is 1.11 bits per heavy atom. The zero-order valence-corrected chi connectivity index (χ0v) is 13.7. The highest BCUT2D eigenvalue weighted by molar-refractivity contribution is 4.70. The van der Waals surface area contributed by atoms with Crippen LogP contribution in [0.3, 0.4) is 0 Å². The number of nitrogens with one attached hydrogen (secondary N) is 1. The zero-order chi connectivity index (χ0) is 14.7. The Balaban J connectivity index is 4.06. The minimum atomic E-state index is 0.239. The number of aliphatic hydroxyl groups excluding tert-OH is 1. The molecule has 2 N–H and O–H groups in total. The van der Waals surface area contributed by atoms with Gasteiger partial charge in [0.1, 0.15) is 0 Å². The van der Waals surface area contributed by atoms with Crippen LogP contribution in [0.25, 0.3) is 0 Å². The SMILES string of the molecule is CCCNC(CO)CCN(CCN(C)C)CC(C)C. The Hall–Kier alpha value is -0.160. The summed E-state index contributed by atoms with van der Waals surface area (Å²) < 4.78 is 0. The Bertz CT molecular complexity index is 198. The van der Waals surface area contributed by atoms with E-state index in [2.05, 4.69) is 50.0 Å². The van der Waals surface area contributed by atoms with Crippen molar-refractivity contribution in [3.05, 3.63) is 0 Å². The smallest absolute Gasteiger partial charge is 0.0585 e. The Morgan fingerprint density at radius 2 is 1.79 bits per heavy atom. The molecule has 0 aromatic heterocycles. The molecule has 4 nitrogen and oxygen atoms in total. The number of rotatable bonds is 12. The average Bonchev–Trinajstić information content (AvgIpc) is 2.35. The maximum absolute atomic E-state index is 9.38. The molecular formula is C15H35N3O. The van der Waals surface area contributed by atoms with E-state index in [0.29, 0.717) is 5.92 Å². The molecule has 0 radical (unpaired) electrons. The van der Waals surface area contributed by atoms with E-state index in [1.807, 2.05) is 0 Å². The molecule has 0 fully saturated rings. The van der Waals surface area contributed by atoms with Gasteiger partial charge in [-0.1, -0.05) is 20.8 Å². The van der Waals surface area contributed by atoms with Gasteiger partial charge in [0, 0.05) is 25.7 Å². The highest BCUT2D eigenvalue weighted by atomic mass is 16.3. The summed E-state index contributed by atoms with van der Waals surface area (Å²) in [4.78, 5) is 4.74. The third kappa shape index (κ3) is 11.4. The van der Waals surface area contributed by atoms with Gasteiger partial charge in [0.25, 0.3) is 0 Å². The van der Waals surface area contributed by atoms with Crippen molar-refractivity contribution < 1.29 is 5.11 Å². The molecule has 0 aromatic rings. The molecule has 0 rings (SSSR count). The quantitative estimate of drug-likeness (QED) is 0.561. The minimum Gasteiger partial charge on any atom is -0.395 e. The molecule has 4 heteroatoms. The molecule has 0 aromatic carbocycles. The van der Waals surface area contributed by atoms with E-state index in [-0.39, 0.29) is 12.6 Å². The number of likely N-dealkylation sites (N-methyl/N-ethyl adjacent to an activating group) is 1. The maximum atomic E-state index is 9.38. The first kappa shape index (κ1) is 18.8. The van der Waals surface area contributed by atoms with Crippen molar-refractivity contribution in [3.8, 4) is 0 Å². The van der Waals surface area contributed by atoms with E-state index >= 15 is 0 Å². The molecule has 1 atom stereocenters. The van der Waals surface area contributed by atoms with Crippen LogP contribution in [0, 0.1) is 5.92 Å². The highest BCUT2D eigenvalue weighted by Crippen LogP contribution is 2.02. The second kappa shape index (κ2) is 11.6. The zero-order valence-electron chi connectivity index (χ0n) is 13.7. The van der Waals surface area contributed by atoms with Gasteiger partial charge in [-0.25, -0.2) is 0 Å². The van der Waals surface area contributed by atoms with Crippen LogP contribution in [0.1, 0.15) is 33.6 Å². The fourth-order valence-electron chi connectivity index (χ4n) is 2.10. The Morgan fingerprint density at radius 3 is 2.26 bits per heavy atom. The summed E-state index contributed by atoms with van der Waals surface area (Å²) >= 11 is 0. The van der Waals surface area contributed by atoms with E-state index in [0.717, 1.165) is 45.6 Å². The van der Waals surface area contributed by atoms with Crippen molar-refractivity contribution in [1.29, 1.82) is 0 Å². The molecule has 0 saturated carbocycles. The van der Waals surface area contributed by atoms with Crippen LogP contribution in [0.5, 0.6) is 0 Å². The summed E-state index contributed by atoms with van der Waals surface area (Å²) in [5, 5.41) is 12.8. The molecule has 0 saturated heterocycles. The number of hydrogen-bond acceptors (Lipinski definition) is 4. The van der Waals surface area contributed by atoms with Gasteiger partial charge < -0.3 is 20.2 Å². The maximum Gasteiger partial charge on any atom is 0.0585 e. The topological polar surface area (TPSA) is 38.7 Å². The molecule has 0 bridgehead atoms. The molecule has 0 heterocycles. The summed E-state index contributed by atoms with van der Waals surface area (Å²) in [5.74, 6) is 0.693. The predicted molar refractivity (Wildman–Crippen MR) is 83.6 cm³/mol. The number of nitrogens with zero attached hydrogens (tertiary/aromatic N) is 2. The average molecular weight is 273 g/mol. The van der Waals surface area contributed by atoms with Crippen LogP contribution in [0.2, 0.25) is 0 Å². The number of aliphatic hydroxyl groups is 1. The second-order valence-electron chi connectivity index (χ2n) is 6.12. The van der Waals surface area contributed by atoms with E-state index in [4.69, 9.17) is 0 Å². The van der Waals surface area contributed by atoms with Crippen molar-refractivity contribution in [2.75, 3.05) is 53.4 Å². The van der Waals surface area contributed by atoms with Crippen LogP contribution in [0.15, 0.2) is 0 Å². The summed E-state index contributed by atoms with van der Waals surface area (Å²) in [6.45, 7) is 12.3. The molecule has 116 valence electrons. The summed E-state index contributed by atoms with van der Waals surface area (Å²) in [7, 11) is 4.24. The van der Waals surface area contributed by atoms with Crippen molar-refractivity contribution in [2.24, 2.45) is 5.92 Å². The van der Waals surface area contributed by atoms with E-state index in [1.165, 1.54) is 0 Å². The van der Waals surface area contributed by atoms with Crippen molar-refractivity contribution >= 4 is 0 Å². The molecule has 1 unspecified atom stereocenters. The normalized spacial score (nSPS) is 13.7. The molecule has 0 aliphatic heterocycles. The lowest BCUT2D eigenvalue weighted by Crippen LogP contribution is -2.40. The minimum absolute atomic E-state index is 0.239. The van der Waals surface area contributed by atoms with Crippen LogP contribution in [0.4, 0.5) is 0 Å². The van der Waals surface area contributed by atoms with Crippen LogP contribution < -0.4 is 5.32 Å². The number of hydrogen-bond donors (Lipinski definition) is 2. The summed E-state index contributed by atoms with van der Waals surface area (Å²) in [5.41, 5.74) is 0. The van der Waals surface area contributed by atoms with E-state index < -0.39 is 0 Å². The summed E-state index contributed by atoms with van der Waals surface area (Å²) in [6, 6.07) is 0.244. The van der Waals surface area contributed by atoms with Gasteiger partial charge in [-0.2, -0.15) is 0 Å². The van der Waals surface area contributed by atoms with Crippen molar-refractivity contribution in [2.45, 2.75) is 39.7 Å². The highest BCUT2D eigenvalue weighted by Gasteiger charge is 2.11.